The molecule has 0 saturated heterocycles. The first kappa shape index (κ1) is 9.64. The van der Waals surface area contributed by atoms with Crippen LogP contribution in [0.15, 0.2) is 18.2 Å². The van der Waals surface area contributed by atoms with Crippen LogP contribution < -0.4 is 0 Å². The van der Waals surface area contributed by atoms with Gasteiger partial charge in [0.25, 0.3) is 5.69 Å². The van der Waals surface area contributed by atoms with E-state index in [-0.39, 0.29) is 10.6 Å². The fourth-order valence-electron chi connectivity index (χ4n) is 1.80. The zero-order valence-electron chi connectivity index (χ0n) is 8.60. The standard InChI is InChI=1S/C10H11N3O2/c1-3-8-7-5-4-6-9(13(14)15)10(7)12(2)11-8/h4-6H,3H2,1-2H3. The van der Waals surface area contributed by atoms with Gasteiger partial charge in [-0.2, -0.15) is 5.10 Å². The van der Waals surface area contributed by atoms with Gasteiger partial charge in [-0.3, -0.25) is 14.8 Å². The maximum absolute atomic E-state index is 10.8. The third-order valence-corrected chi connectivity index (χ3v) is 2.45. The first-order chi connectivity index (χ1) is 7.15. The van der Waals surface area contributed by atoms with E-state index in [0.29, 0.717) is 5.52 Å². The number of nitro benzene ring substituents is 1. The zero-order valence-corrected chi connectivity index (χ0v) is 8.60. The Labute approximate surface area is 86.5 Å². The van der Waals surface area contributed by atoms with Crippen LogP contribution in [0.4, 0.5) is 5.69 Å². The normalized spacial score (nSPS) is 10.8. The Morgan fingerprint density at radius 3 is 2.87 bits per heavy atom. The lowest BCUT2D eigenvalue weighted by atomic mass is 10.1. The molecule has 0 aliphatic carbocycles. The zero-order chi connectivity index (χ0) is 11.0. The van der Waals surface area contributed by atoms with Gasteiger partial charge in [0.2, 0.25) is 0 Å². The number of non-ortho nitro benzene ring substituents is 1. The average molecular weight is 205 g/mol. The summed E-state index contributed by atoms with van der Waals surface area (Å²) in [6.45, 7) is 1.99. The highest BCUT2D eigenvalue weighted by atomic mass is 16.6. The lowest BCUT2D eigenvalue weighted by Gasteiger charge is -1.95. The molecule has 0 spiro atoms. The minimum atomic E-state index is -0.372. The lowest BCUT2D eigenvalue weighted by molar-refractivity contribution is -0.383. The molecule has 78 valence electrons. The third kappa shape index (κ3) is 1.36. The van der Waals surface area contributed by atoms with Crippen LogP contribution in [0, 0.1) is 10.1 Å². The van der Waals surface area contributed by atoms with Crippen molar-refractivity contribution in [1.82, 2.24) is 9.78 Å². The molecule has 0 unspecified atom stereocenters. The molecule has 0 aliphatic heterocycles. The molecule has 5 nitrogen and oxygen atoms in total. The van der Waals surface area contributed by atoms with Crippen molar-refractivity contribution < 1.29 is 4.92 Å². The summed E-state index contributed by atoms with van der Waals surface area (Å²) in [6, 6.07) is 5.07. The van der Waals surface area contributed by atoms with Gasteiger partial charge in [-0.1, -0.05) is 19.1 Å². The van der Waals surface area contributed by atoms with Gasteiger partial charge >= 0.3 is 0 Å². The second-order valence-electron chi connectivity index (χ2n) is 3.35. The van der Waals surface area contributed by atoms with Crippen LogP contribution in [0.3, 0.4) is 0 Å². The molecule has 0 radical (unpaired) electrons. The van der Waals surface area contributed by atoms with Gasteiger partial charge in [0.15, 0.2) is 0 Å². The van der Waals surface area contributed by atoms with E-state index in [1.54, 1.807) is 17.8 Å². The van der Waals surface area contributed by atoms with E-state index < -0.39 is 0 Å². The Morgan fingerprint density at radius 2 is 2.27 bits per heavy atom. The Morgan fingerprint density at radius 1 is 1.53 bits per heavy atom. The summed E-state index contributed by atoms with van der Waals surface area (Å²) in [4.78, 5) is 10.5. The van der Waals surface area contributed by atoms with Crippen LogP contribution in [0.1, 0.15) is 12.6 Å². The van der Waals surface area contributed by atoms with Crippen molar-refractivity contribution in [3.8, 4) is 0 Å². The van der Waals surface area contributed by atoms with Crippen LogP contribution in [-0.2, 0) is 13.5 Å². The first-order valence-corrected chi connectivity index (χ1v) is 4.74. The summed E-state index contributed by atoms with van der Waals surface area (Å²) < 4.78 is 1.58. The van der Waals surface area contributed by atoms with Crippen molar-refractivity contribution in [2.75, 3.05) is 0 Å². The van der Waals surface area contributed by atoms with Crippen LogP contribution in [0.5, 0.6) is 0 Å². The van der Waals surface area contributed by atoms with Gasteiger partial charge in [-0.05, 0) is 6.42 Å². The van der Waals surface area contributed by atoms with Crippen LogP contribution >= 0.6 is 0 Å². The second-order valence-corrected chi connectivity index (χ2v) is 3.35. The maximum Gasteiger partial charge on any atom is 0.295 e. The topological polar surface area (TPSA) is 61.0 Å². The van der Waals surface area contributed by atoms with E-state index in [9.17, 15) is 10.1 Å². The van der Waals surface area contributed by atoms with Gasteiger partial charge in [-0.15, -0.1) is 0 Å². The highest BCUT2D eigenvalue weighted by Crippen LogP contribution is 2.27. The Bertz CT molecular complexity index is 531. The molecular weight excluding hydrogens is 194 g/mol. The highest BCUT2D eigenvalue weighted by Gasteiger charge is 2.17. The van der Waals surface area contributed by atoms with E-state index >= 15 is 0 Å². The molecule has 5 heteroatoms. The predicted molar refractivity (Wildman–Crippen MR) is 56.7 cm³/mol. The SMILES string of the molecule is CCc1nn(C)c2c([N+](=O)[O-])cccc12. The predicted octanol–water partition coefficient (Wildman–Crippen LogP) is 2.04. The minimum Gasteiger partial charge on any atom is -0.261 e. The number of nitro groups is 1. The molecule has 2 aromatic rings. The fraction of sp³-hybridized carbons (Fsp3) is 0.300. The van der Waals surface area contributed by atoms with Crippen LogP contribution in [0.25, 0.3) is 10.9 Å². The van der Waals surface area contributed by atoms with Gasteiger partial charge in [0.05, 0.1) is 10.6 Å². The van der Waals surface area contributed by atoms with E-state index in [1.165, 1.54) is 6.07 Å². The number of aryl methyl sites for hydroxylation is 2. The number of benzene rings is 1. The molecule has 1 aromatic carbocycles. The Hall–Kier alpha value is -1.91. The quantitative estimate of drug-likeness (QED) is 0.556. The van der Waals surface area contributed by atoms with Crippen LogP contribution in [0.2, 0.25) is 0 Å². The molecular formula is C10H11N3O2. The first-order valence-electron chi connectivity index (χ1n) is 4.74. The molecule has 0 fully saturated rings. The third-order valence-electron chi connectivity index (χ3n) is 2.45. The van der Waals surface area contributed by atoms with Crippen molar-refractivity contribution in [2.24, 2.45) is 7.05 Å². The summed E-state index contributed by atoms with van der Waals surface area (Å²) in [5, 5.41) is 16.0. The van der Waals surface area contributed by atoms with Crippen molar-refractivity contribution in [1.29, 1.82) is 0 Å². The fourth-order valence-corrected chi connectivity index (χ4v) is 1.80. The molecule has 0 N–H and O–H groups in total. The van der Waals surface area contributed by atoms with Gasteiger partial charge in [0, 0.05) is 18.5 Å². The maximum atomic E-state index is 10.8. The summed E-state index contributed by atoms with van der Waals surface area (Å²) in [5.41, 5.74) is 1.61. The van der Waals surface area contributed by atoms with Gasteiger partial charge < -0.3 is 0 Å². The summed E-state index contributed by atoms with van der Waals surface area (Å²) in [6.07, 6.45) is 0.776. The van der Waals surface area contributed by atoms with Crippen molar-refractivity contribution in [2.45, 2.75) is 13.3 Å². The summed E-state index contributed by atoms with van der Waals surface area (Å²) in [5.74, 6) is 0. The Balaban J connectivity index is 2.86. The van der Waals surface area contributed by atoms with E-state index in [1.807, 2.05) is 13.0 Å². The largest absolute Gasteiger partial charge is 0.295 e. The van der Waals surface area contributed by atoms with Crippen molar-refractivity contribution >= 4 is 16.6 Å². The number of fused-ring (bicyclic) bond motifs is 1. The molecule has 0 aliphatic rings. The van der Waals surface area contributed by atoms with Crippen molar-refractivity contribution in [3.05, 3.63) is 34.0 Å². The van der Waals surface area contributed by atoms with E-state index in [0.717, 1.165) is 17.5 Å². The lowest BCUT2D eigenvalue weighted by Crippen LogP contribution is -1.95. The van der Waals surface area contributed by atoms with E-state index in [2.05, 4.69) is 5.10 Å². The second kappa shape index (κ2) is 3.34. The van der Waals surface area contributed by atoms with Crippen molar-refractivity contribution in [3.63, 3.8) is 0 Å². The molecule has 0 bridgehead atoms. The van der Waals surface area contributed by atoms with Crippen LogP contribution in [-0.4, -0.2) is 14.7 Å². The monoisotopic (exact) mass is 205 g/mol. The van der Waals surface area contributed by atoms with Gasteiger partial charge in [-0.25, -0.2) is 0 Å². The number of nitrogens with zero attached hydrogens (tertiary/aromatic N) is 3. The minimum absolute atomic E-state index is 0.113. The molecule has 2 rings (SSSR count). The smallest absolute Gasteiger partial charge is 0.261 e. The molecule has 15 heavy (non-hydrogen) atoms. The summed E-state index contributed by atoms with van der Waals surface area (Å²) >= 11 is 0. The molecule has 0 amide bonds. The molecule has 0 atom stereocenters. The molecule has 1 heterocycles. The summed E-state index contributed by atoms with van der Waals surface area (Å²) in [7, 11) is 1.73. The number of para-hydroxylation sites is 1. The number of aromatic nitrogens is 2. The molecule has 0 saturated carbocycles. The number of hydrogen-bond donors (Lipinski definition) is 0. The van der Waals surface area contributed by atoms with Gasteiger partial charge in [0.1, 0.15) is 5.52 Å². The average Bonchev–Trinajstić information content (AvgIpc) is 2.55. The Kier molecular flexibility index (Phi) is 2.15. The molecule has 1 aromatic heterocycles. The number of rotatable bonds is 2. The van der Waals surface area contributed by atoms with E-state index in [4.69, 9.17) is 0 Å². The highest BCUT2D eigenvalue weighted by molar-refractivity contribution is 5.89. The number of hydrogen-bond acceptors (Lipinski definition) is 3.